The molecular weight excluding hydrogens is 344 g/mol. The third-order valence-electron chi connectivity index (χ3n) is 3.69. The van der Waals surface area contributed by atoms with Gasteiger partial charge in [0.05, 0.1) is 11.0 Å². The summed E-state index contributed by atoms with van der Waals surface area (Å²) >= 11 is 3.26. The van der Waals surface area contributed by atoms with Crippen LogP contribution in [0.2, 0.25) is 0 Å². The molecular formula is C13H19BrN2O3S. The van der Waals surface area contributed by atoms with Gasteiger partial charge in [0.1, 0.15) is 0 Å². The van der Waals surface area contributed by atoms with Gasteiger partial charge in [-0.15, -0.1) is 0 Å². The highest BCUT2D eigenvalue weighted by molar-refractivity contribution is 9.10. The second-order valence-corrected chi connectivity index (χ2v) is 7.80. The number of benzene rings is 1. The van der Waals surface area contributed by atoms with Gasteiger partial charge in [0.2, 0.25) is 10.0 Å². The number of aliphatic hydroxyl groups is 1. The second-order valence-electron chi connectivity index (χ2n) is 5.20. The van der Waals surface area contributed by atoms with Crippen molar-refractivity contribution in [3.8, 4) is 0 Å². The average Bonchev–Trinajstić information content (AvgIpc) is 2.36. The predicted octanol–water partition coefficient (Wildman–Crippen LogP) is 1.92. The molecule has 1 fully saturated rings. The van der Waals surface area contributed by atoms with E-state index in [9.17, 15) is 13.5 Å². The van der Waals surface area contributed by atoms with Crippen molar-refractivity contribution in [2.45, 2.75) is 49.6 Å². The number of nitrogens with one attached hydrogen (secondary N) is 1. The largest absolute Gasteiger partial charge is 0.398 e. The smallest absolute Gasteiger partial charge is 0.241 e. The molecule has 0 unspecified atom stereocenters. The minimum absolute atomic E-state index is 0.155. The molecule has 112 valence electrons. The van der Waals surface area contributed by atoms with Crippen LogP contribution in [0, 0.1) is 6.92 Å². The highest BCUT2D eigenvalue weighted by Crippen LogP contribution is 2.27. The Kier molecular flexibility index (Phi) is 4.73. The van der Waals surface area contributed by atoms with Gasteiger partial charge < -0.3 is 10.8 Å². The summed E-state index contributed by atoms with van der Waals surface area (Å²) in [6, 6.07) is 2.78. The second kappa shape index (κ2) is 6.01. The van der Waals surface area contributed by atoms with Crippen LogP contribution in [0.25, 0.3) is 0 Å². The molecule has 1 aliphatic carbocycles. The number of nitrogens with two attached hydrogens (primary N) is 1. The molecule has 5 nitrogen and oxygen atoms in total. The zero-order chi connectivity index (χ0) is 14.9. The van der Waals surface area contributed by atoms with Crippen molar-refractivity contribution >= 4 is 31.6 Å². The lowest BCUT2D eigenvalue weighted by Gasteiger charge is -2.28. The van der Waals surface area contributed by atoms with Crippen LogP contribution >= 0.6 is 15.9 Å². The highest BCUT2D eigenvalue weighted by atomic mass is 79.9. The van der Waals surface area contributed by atoms with Crippen molar-refractivity contribution in [3.63, 3.8) is 0 Å². The summed E-state index contributed by atoms with van der Waals surface area (Å²) in [5.41, 5.74) is 6.75. The maximum Gasteiger partial charge on any atom is 0.241 e. The number of aliphatic hydroxyl groups excluding tert-OH is 1. The van der Waals surface area contributed by atoms with Crippen molar-refractivity contribution in [1.29, 1.82) is 0 Å². The van der Waals surface area contributed by atoms with Gasteiger partial charge >= 0.3 is 0 Å². The molecule has 0 amide bonds. The average molecular weight is 363 g/mol. The molecule has 1 aromatic carbocycles. The van der Waals surface area contributed by atoms with E-state index in [1.807, 2.05) is 0 Å². The van der Waals surface area contributed by atoms with Gasteiger partial charge in [-0.25, -0.2) is 13.1 Å². The minimum Gasteiger partial charge on any atom is -0.398 e. The molecule has 0 aliphatic heterocycles. The quantitative estimate of drug-likeness (QED) is 0.716. The van der Waals surface area contributed by atoms with Gasteiger partial charge in [-0.2, -0.15) is 0 Å². The van der Waals surface area contributed by atoms with E-state index < -0.39 is 22.2 Å². The van der Waals surface area contributed by atoms with Crippen molar-refractivity contribution in [2.75, 3.05) is 5.73 Å². The molecule has 0 aromatic heterocycles. The third kappa shape index (κ3) is 3.33. The van der Waals surface area contributed by atoms with Crippen LogP contribution in [-0.2, 0) is 10.0 Å². The summed E-state index contributed by atoms with van der Waals surface area (Å²) in [5, 5.41) is 9.90. The number of nitrogen functional groups attached to an aromatic ring is 1. The fourth-order valence-electron chi connectivity index (χ4n) is 2.46. The monoisotopic (exact) mass is 362 g/mol. The zero-order valence-electron chi connectivity index (χ0n) is 11.3. The summed E-state index contributed by atoms with van der Waals surface area (Å²) in [4.78, 5) is 0.155. The van der Waals surface area contributed by atoms with Gasteiger partial charge in [0.25, 0.3) is 0 Å². The lowest BCUT2D eigenvalue weighted by atomic mass is 9.93. The molecule has 0 saturated heterocycles. The predicted molar refractivity (Wildman–Crippen MR) is 81.9 cm³/mol. The van der Waals surface area contributed by atoms with E-state index in [1.54, 1.807) is 13.0 Å². The van der Waals surface area contributed by atoms with Crippen molar-refractivity contribution in [1.82, 2.24) is 4.72 Å². The van der Waals surface area contributed by atoms with Gasteiger partial charge in [-0.3, -0.25) is 0 Å². The lowest BCUT2D eigenvalue weighted by molar-refractivity contribution is 0.101. The molecule has 1 aromatic rings. The number of hydrogen-bond donors (Lipinski definition) is 3. The Morgan fingerprint density at radius 3 is 2.65 bits per heavy atom. The van der Waals surface area contributed by atoms with Crippen molar-refractivity contribution in [3.05, 3.63) is 22.2 Å². The van der Waals surface area contributed by atoms with Gasteiger partial charge in [0, 0.05) is 16.2 Å². The Labute approximate surface area is 127 Å². The van der Waals surface area contributed by atoms with Crippen LogP contribution in [0.1, 0.15) is 31.2 Å². The lowest BCUT2D eigenvalue weighted by Crippen LogP contribution is -2.45. The van der Waals surface area contributed by atoms with E-state index in [-0.39, 0.29) is 4.90 Å². The standard InChI is InChI=1S/C13H19BrN2O3S/c1-8-10(15)6-9(14)7-13(8)20(18,19)16-11-4-2-3-5-12(11)17/h6-7,11-12,16-17H,2-5,15H2,1H3/t11-,12-/m1/s1. The summed E-state index contributed by atoms with van der Waals surface area (Å²) in [6.07, 6.45) is 2.52. The van der Waals surface area contributed by atoms with Crippen LogP contribution in [0.3, 0.4) is 0 Å². The molecule has 1 saturated carbocycles. The van der Waals surface area contributed by atoms with Crippen LogP contribution < -0.4 is 10.5 Å². The maximum atomic E-state index is 12.5. The van der Waals surface area contributed by atoms with E-state index >= 15 is 0 Å². The van der Waals surface area contributed by atoms with Gasteiger partial charge in [-0.1, -0.05) is 28.8 Å². The van der Waals surface area contributed by atoms with Crippen molar-refractivity contribution < 1.29 is 13.5 Å². The molecule has 7 heteroatoms. The first-order valence-corrected chi connectivity index (χ1v) is 8.85. The number of anilines is 1. The number of hydrogen-bond acceptors (Lipinski definition) is 4. The molecule has 2 rings (SSSR count). The van der Waals surface area contributed by atoms with Crippen LogP contribution in [0.5, 0.6) is 0 Å². The Morgan fingerprint density at radius 1 is 1.35 bits per heavy atom. The van der Waals surface area contributed by atoms with Gasteiger partial charge in [0.15, 0.2) is 0 Å². The summed E-state index contributed by atoms with van der Waals surface area (Å²) in [7, 11) is -3.69. The molecule has 0 radical (unpaired) electrons. The SMILES string of the molecule is Cc1c(N)cc(Br)cc1S(=O)(=O)N[C@@H]1CCCC[C@H]1O. The topological polar surface area (TPSA) is 92.4 Å². The number of sulfonamides is 1. The maximum absolute atomic E-state index is 12.5. The van der Waals surface area contributed by atoms with Gasteiger partial charge in [-0.05, 0) is 37.5 Å². The number of rotatable bonds is 3. The number of halogens is 1. The fourth-order valence-corrected chi connectivity index (χ4v) is 4.70. The Balaban J connectivity index is 2.31. The van der Waals surface area contributed by atoms with E-state index in [0.717, 1.165) is 12.8 Å². The Morgan fingerprint density at radius 2 is 2.00 bits per heavy atom. The highest BCUT2D eigenvalue weighted by Gasteiger charge is 2.29. The Bertz CT molecular complexity index is 604. The van der Waals surface area contributed by atoms with E-state index in [0.29, 0.717) is 28.6 Å². The minimum atomic E-state index is -3.69. The fraction of sp³-hybridized carbons (Fsp3) is 0.538. The third-order valence-corrected chi connectivity index (χ3v) is 5.76. The summed E-state index contributed by atoms with van der Waals surface area (Å²) in [5.74, 6) is 0. The zero-order valence-corrected chi connectivity index (χ0v) is 13.7. The van der Waals surface area contributed by atoms with E-state index in [2.05, 4.69) is 20.7 Å². The molecule has 20 heavy (non-hydrogen) atoms. The van der Waals surface area contributed by atoms with Crippen LogP contribution in [-0.4, -0.2) is 25.7 Å². The molecule has 2 atom stereocenters. The normalized spacial score (nSPS) is 23.8. The molecule has 0 bridgehead atoms. The molecule has 0 spiro atoms. The molecule has 0 heterocycles. The van der Waals surface area contributed by atoms with Crippen molar-refractivity contribution in [2.24, 2.45) is 0 Å². The summed E-state index contributed by atoms with van der Waals surface area (Å²) in [6.45, 7) is 1.67. The summed E-state index contributed by atoms with van der Waals surface area (Å²) < 4.78 is 28.2. The first-order valence-electron chi connectivity index (χ1n) is 6.57. The Hall–Kier alpha value is -0.630. The van der Waals surface area contributed by atoms with E-state index in [1.165, 1.54) is 6.07 Å². The van der Waals surface area contributed by atoms with Crippen LogP contribution in [0.15, 0.2) is 21.5 Å². The van der Waals surface area contributed by atoms with E-state index in [4.69, 9.17) is 5.73 Å². The molecule has 1 aliphatic rings. The molecule has 4 N–H and O–H groups in total. The first kappa shape index (κ1) is 15.8. The van der Waals surface area contributed by atoms with Crippen LogP contribution in [0.4, 0.5) is 5.69 Å². The first-order chi connectivity index (χ1) is 9.31.